The normalized spacial score (nSPS) is 18.0. The first-order valence-electron chi connectivity index (χ1n) is 7.25. The molecule has 0 saturated carbocycles. The molecule has 1 aliphatic rings. The third kappa shape index (κ3) is 2.89. The molecule has 2 aromatic heterocycles. The molecule has 2 aromatic rings. The van der Waals surface area contributed by atoms with E-state index in [1.807, 2.05) is 24.0 Å². The summed E-state index contributed by atoms with van der Waals surface area (Å²) in [6, 6.07) is 5.95. The number of anilines is 1. The third-order valence-electron chi connectivity index (χ3n) is 3.74. The van der Waals surface area contributed by atoms with Gasteiger partial charge in [0.2, 0.25) is 0 Å². The molecule has 1 N–H and O–H groups in total. The first-order chi connectivity index (χ1) is 10.3. The fourth-order valence-corrected chi connectivity index (χ4v) is 2.67. The molecule has 3 heterocycles. The lowest BCUT2D eigenvalue weighted by Crippen LogP contribution is -2.33. The third-order valence-corrected chi connectivity index (χ3v) is 3.74. The van der Waals surface area contributed by atoms with Crippen molar-refractivity contribution in [2.24, 2.45) is 0 Å². The number of pyridine rings is 1. The Kier molecular flexibility index (Phi) is 3.85. The van der Waals surface area contributed by atoms with Crippen molar-refractivity contribution in [3.63, 3.8) is 0 Å². The van der Waals surface area contributed by atoms with Gasteiger partial charge in [-0.05, 0) is 31.5 Å². The van der Waals surface area contributed by atoms with E-state index in [4.69, 9.17) is 0 Å². The standard InChI is InChI=1S/C15H19N5O/c1-2-20-14(5-8-17-20)15(21)19-9-6-13(11-19)18-12-4-3-7-16-10-12/h3-5,7-8,10,13,18H,2,6,9,11H2,1H3/t13-/m0/s1. The highest BCUT2D eigenvalue weighted by Crippen LogP contribution is 2.17. The molecule has 0 bridgehead atoms. The average molecular weight is 285 g/mol. The summed E-state index contributed by atoms with van der Waals surface area (Å²) in [7, 11) is 0. The Morgan fingerprint density at radius 3 is 3.10 bits per heavy atom. The SMILES string of the molecule is CCn1nccc1C(=O)N1CC[C@H](Nc2cccnc2)C1. The lowest BCUT2D eigenvalue weighted by Gasteiger charge is -2.18. The maximum atomic E-state index is 12.5. The summed E-state index contributed by atoms with van der Waals surface area (Å²) in [5.74, 6) is 0.0600. The number of carbonyl (C=O) groups excluding carboxylic acids is 1. The number of hydrogen-bond donors (Lipinski definition) is 1. The van der Waals surface area contributed by atoms with Crippen LogP contribution in [0.2, 0.25) is 0 Å². The molecule has 110 valence electrons. The van der Waals surface area contributed by atoms with Gasteiger partial charge in [-0.1, -0.05) is 0 Å². The largest absolute Gasteiger partial charge is 0.379 e. The summed E-state index contributed by atoms with van der Waals surface area (Å²) in [4.78, 5) is 18.5. The second-order valence-electron chi connectivity index (χ2n) is 5.16. The van der Waals surface area contributed by atoms with Crippen molar-refractivity contribution in [3.8, 4) is 0 Å². The van der Waals surface area contributed by atoms with Crippen LogP contribution in [0.5, 0.6) is 0 Å². The van der Waals surface area contributed by atoms with Gasteiger partial charge in [-0.15, -0.1) is 0 Å². The number of nitrogens with zero attached hydrogens (tertiary/aromatic N) is 4. The Hall–Kier alpha value is -2.37. The number of hydrogen-bond acceptors (Lipinski definition) is 4. The Bertz CT molecular complexity index is 610. The van der Waals surface area contributed by atoms with E-state index in [-0.39, 0.29) is 11.9 Å². The van der Waals surface area contributed by atoms with E-state index >= 15 is 0 Å². The van der Waals surface area contributed by atoms with Crippen molar-refractivity contribution in [2.45, 2.75) is 25.9 Å². The predicted octanol–water partition coefficient (Wildman–Crippen LogP) is 1.62. The minimum absolute atomic E-state index is 0.0600. The van der Waals surface area contributed by atoms with Gasteiger partial charge in [-0.3, -0.25) is 14.5 Å². The molecule has 0 radical (unpaired) electrons. The van der Waals surface area contributed by atoms with Crippen LogP contribution in [-0.4, -0.2) is 44.7 Å². The van der Waals surface area contributed by atoms with Crippen molar-refractivity contribution in [3.05, 3.63) is 42.5 Å². The zero-order chi connectivity index (χ0) is 14.7. The molecule has 1 saturated heterocycles. The molecule has 0 aromatic carbocycles. The molecule has 1 amide bonds. The monoisotopic (exact) mass is 285 g/mol. The number of aromatic nitrogens is 3. The second kappa shape index (κ2) is 5.95. The van der Waals surface area contributed by atoms with Crippen LogP contribution in [0.25, 0.3) is 0 Å². The minimum Gasteiger partial charge on any atom is -0.379 e. The number of rotatable bonds is 4. The van der Waals surface area contributed by atoms with E-state index in [2.05, 4.69) is 15.4 Å². The molecule has 1 atom stereocenters. The van der Waals surface area contributed by atoms with E-state index < -0.39 is 0 Å². The van der Waals surface area contributed by atoms with Crippen LogP contribution < -0.4 is 5.32 Å². The van der Waals surface area contributed by atoms with Crippen molar-refractivity contribution in [1.29, 1.82) is 0 Å². The van der Waals surface area contributed by atoms with Gasteiger partial charge in [0, 0.05) is 44.3 Å². The van der Waals surface area contributed by atoms with Crippen LogP contribution in [0.1, 0.15) is 23.8 Å². The fraction of sp³-hybridized carbons (Fsp3) is 0.400. The van der Waals surface area contributed by atoms with E-state index in [1.54, 1.807) is 29.3 Å². The van der Waals surface area contributed by atoms with Crippen LogP contribution in [0.4, 0.5) is 5.69 Å². The minimum atomic E-state index is 0.0600. The summed E-state index contributed by atoms with van der Waals surface area (Å²) >= 11 is 0. The summed E-state index contributed by atoms with van der Waals surface area (Å²) in [5.41, 5.74) is 1.66. The van der Waals surface area contributed by atoms with Gasteiger partial charge in [0.15, 0.2) is 0 Å². The highest BCUT2D eigenvalue weighted by atomic mass is 16.2. The van der Waals surface area contributed by atoms with Gasteiger partial charge in [-0.25, -0.2) is 0 Å². The van der Waals surface area contributed by atoms with Crippen molar-refractivity contribution < 1.29 is 4.79 Å². The Morgan fingerprint density at radius 1 is 1.43 bits per heavy atom. The molecule has 0 aliphatic carbocycles. The summed E-state index contributed by atoms with van der Waals surface area (Å²) < 4.78 is 1.74. The first-order valence-corrected chi connectivity index (χ1v) is 7.25. The van der Waals surface area contributed by atoms with Crippen LogP contribution in [0.3, 0.4) is 0 Å². The molecule has 21 heavy (non-hydrogen) atoms. The number of carbonyl (C=O) groups is 1. The zero-order valence-corrected chi connectivity index (χ0v) is 12.1. The molecule has 3 rings (SSSR count). The highest BCUT2D eigenvalue weighted by Gasteiger charge is 2.28. The Morgan fingerprint density at radius 2 is 2.33 bits per heavy atom. The van der Waals surface area contributed by atoms with Gasteiger partial charge >= 0.3 is 0 Å². The highest BCUT2D eigenvalue weighted by molar-refractivity contribution is 5.92. The van der Waals surface area contributed by atoms with E-state index in [9.17, 15) is 4.79 Å². The summed E-state index contributed by atoms with van der Waals surface area (Å²) in [5, 5.41) is 7.58. The van der Waals surface area contributed by atoms with E-state index in [0.717, 1.165) is 18.7 Å². The van der Waals surface area contributed by atoms with Gasteiger partial charge in [0.25, 0.3) is 5.91 Å². The quantitative estimate of drug-likeness (QED) is 0.927. The maximum Gasteiger partial charge on any atom is 0.272 e. The number of aryl methyl sites for hydroxylation is 1. The van der Waals surface area contributed by atoms with Crippen LogP contribution in [0, 0.1) is 0 Å². The van der Waals surface area contributed by atoms with E-state index in [1.165, 1.54) is 0 Å². The second-order valence-corrected chi connectivity index (χ2v) is 5.16. The predicted molar refractivity (Wildman–Crippen MR) is 80.1 cm³/mol. The van der Waals surface area contributed by atoms with Gasteiger partial charge < -0.3 is 10.2 Å². The lowest BCUT2D eigenvalue weighted by atomic mass is 10.2. The Balaban J connectivity index is 1.63. The molecule has 0 spiro atoms. The number of likely N-dealkylation sites (tertiary alicyclic amines) is 1. The molecule has 6 heteroatoms. The molecule has 1 fully saturated rings. The summed E-state index contributed by atoms with van der Waals surface area (Å²) in [6.45, 7) is 4.17. The number of nitrogens with one attached hydrogen (secondary N) is 1. The molecule has 0 unspecified atom stereocenters. The van der Waals surface area contributed by atoms with Crippen LogP contribution in [-0.2, 0) is 6.54 Å². The lowest BCUT2D eigenvalue weighted by molar-refractivity contribution is 0.0779. The van der Waals surface area contributed by atoms with Crippen molar-refractivity contribution in [1.82, 2.24) is 19.7 Å². The zero-order valence-electron chi connectivity index (χ0n) is 12.1. The fourth-order valence-electron chi connectivity index (χ4n) is 2.67. The average Bonchev–Trinajstić information content (AvgIpc) is 3.16. The van der Waals surface area contributed by atoms with Crippen LogP contribution >= 0.6 is 0 Å². The first kappa shape index (κ1) is 13.6. The van der Waals surface area contributed by atoms with Crippen molar-refractivity contribution >= 4 is 11.6 Å². The van der Waals surface area contributed by atoms with Gasteiger partial charge in [0.05, 0.1) is 5.69 Å². The van der Waals surface area contributed by atoms with Gasteiger partial charge in [0.1, 0.15) is 5.69 Å². The van der Waals surface area contributed by atoms with E-state index in [0.29, 0.717) is 18.8 Å². The maximum absolute atomic E-state index is 12.5. The number of amides is 1. The van der Waals surface area contributed by atoms with Gasteiger partial charge in [-0.2, -0.15) is 5.10 Å². The molecular formula is C15H19N5O. The molecule has 1 aliphatic heterocycles. The smallest absolute Gasteiger partial charge is 0.272 e. The summed E-state index contributed by atoms with van der Waals surface area (Å²) in [6.07, 6.45) is 6.18. The molecular weight excluding hydrogens is 266 g/mol. The van der Waals surface area contributed by atoms with Crippen molar-refractivity contribution in [2.75, 3.05) is 18.4 Å². The topological polar surface area (TPSA) is 63.1 Å². The molecule has 6 nitrogen and oxygen atoms in total. The Labute approximate surface area is 123 Å². The van der Waals surface area contributed by atoms with Crippen LogP contribution in [0.15, 0.2) is 36.8 Å².